The van der Waals surface area contributed by atoms with E-state index in [-0.39, 0.29) is 0 Å². The van der Waals surface area contributed by atoms with Crippen LogP contribution in [0.4, 0.5) is 0 Å². The maximum atomic E-state index is 12.3. The Kier molecular flexibility index (Phi) is 8.95. The zero-order chi connectivity index (χ0) is 21.5. The van der Waals surface area contributed by atoms with Crippen molar-refractivity contribution < 1.29 is 9.59 Å². The molecule has 2 N–H and O–H groups in total. The third-order valence-corrected chi connectivity index (χ3v) is 7.49. The van der Waals surface area contributed by atoms with Gasteiger partial charge >= 0.3 is 0 Å². The summed E-state index contributed by atoms with van der Waals surface area (Å²) in [4.78, 5) is 32.7. The molecular weight excluding hydrogens is 422 g/mol. The molecule has 3 aliphatic rings. The molecule has 2 amide bonds. The molecule has 0 atom stereocenters. The summed E-state index contributed by atoms with van der Waals surface area (Å²) in [5.41, 5.74) is 4.94. The summed E-state index contributed by atoms with van der Waals surface area (Å²) in [6, 6.07) is 4.00. The van der Waals surface area contributed by atoms with E-state index in [1.54, 1.807) is 12.1 Å². The van der Waals surface area contributed by atoms with E-state index in [9.17, 15) is 9.59 Å². The van der Waals surface area contributed by atoms with Crippen molar-refractivity contribution in [2.24, 2.45) is 5.73 Å². The molecule has 1 aromatic heterocycles. The molecule has 4 rings (SSSR count). The minimum Gasteiger partial charge on any atom is -0.365 e. The van der Waals surface area contributed by atoms with Crippen molar-refractivity contribution in [2.75, 3.05) is 66.0 Å². The molecule has 3 saturated heterocycles. The van der Waals surface area contributed by atoms with Gasteiger partial charge in [0.2, 0.25) is 5.91 Å². The molecular formula is C21H34ClN5O2S. The number of nitrogens with zero attached hydrogens (tertiary/aromatic N) is 4. The first-order valence-electron chi connectivity index (χ1n) is 10.9. The van der Waals surface area contributed by atoms with E-state index in [0.717, 1.165) is 45.3 Å². The Balaban J connectivity index is 0.000000239. The highest BCUT2D eigenvalue weighted by Gasteiger charge is 2.28. The molecule has 30 heavy (non-hydrogen) atoms. The van der Waals surface area contributed by atoms with Crippen molar-refractivity contribution >= 4 is 34.8 Å². The normalized spacial score (nSPS) is 22.0. The Hall–Kier alpha value is -1.19. The summed E-state index contributed by atoms with van der Waals surface area (Å²) in [5, 5.41) is 0. The molecule has 0 aromatic carbocycles. The molecule has 3 fully saturated rings. The maximum absolute atomic E-state index is 12.3. The van der Waals surface area contributed by atoms with Crippen molar-refractivity contribution in [3.63, 3.8) is 0 Å². The first-order chi connectivity index (χ1) is 14.4. The number of hydrogen-bond acceptors (Lipinski definition) is 6. The summed E-state index contributed by atoms with van der Waals surface area (Å²) >= 11 is 6.70. The van der Waals surface area contributed by atoms with Crippen LogP contribution in [0.5, 0.6) is 0 Å². The number of amides is 2. The smallest absolute Gasteiger partial charge is 0.258 e. The second kappa shape index (κ2) is 11.4. The number of rotatable bonds is 4. The zero-order valence-electron chi connectivity index (χ0n) is 17.9. The van der Waals surface area contributed by atoms with Gasteiger partial charge in [-0.3, -0.25) is 19.4 Å². The summed E-state index contributed by atoms with van der Waals surface area (Å²) in [6.07, 6.45) is 5.10. The van der Waals surface area contributed by atoms with Gasteiger partial charge in [0.1, 0.15) is 0 Å². The standard InChI is InChI=1S/C16H30N4O.C5H4ClNOS/c1-17-8-4-15(5-9-17)19-10-12-20(13-11-19)16(21)14-18-6-2-3-7-18;6-4-2-1-3(9-4)5(7)8/h15H,2-14H2,1H3;1-2H,(H2,7,8). The van der Waals surface area contributed by atoms with Crippen molar-refractivity contribution in [3.05, 3.63) is 21.3 Å². The molecule has 3 aliphatic heterocycles. The van der Waals surface area contributed by atoms with Gasteiger partial charge in [-0.05, 0) is 71.0 Å². The number of likely N-dealkylation sites (tertiary alicyclic amines) is 2. The lowest BCUT2D eigenvalue weighted by Crippen LogP contribution is -2.55. The maximum Gasteiger partial charge on any atom is 0.258 e. The molecule has 4 heterocycles. The van der Waals surface area contributed by atoms with Gasteiger partial charge < -0.3 is 15.5 Å². The molecule has 0 saturated carbocycles. The first-order valence-corrected chi connectivity index (χ1v) is 12.1. The second-order valence-corrected chi connectivity index (χ2v) is 10.1. The van der Waals surface area contributed by atoms with Crippen LogP contribution >= 0.6 is 22.9 Å². The molecule has 0 bridgehead atoms. The Morgan fingerprint density at radius 1 is 1.03 bits per heavy atom. The summed E-state index contributed by atoms with van der Waals surface area (Å²) in [5.74, 6) is -0.0770. The summed E-state index contributed by atoms with van der Waals surface area (Å²) in [6.45, 7) is 9.31. The summed E-state index contributed by atoms with van der Waals surface area (Å²) < 4.78 is 0.587. The lowest BCUT2D eigenvalue weighted by atomic mass is 10.0. The average Bonchev–Trinajstić information content (AvgIpc) is 3.41. The molecule has 168 valence electrons. The number of primary amides is 1. The second-order valence-electron chi connectivity index (χ2n) is 8.40. The van der Waals surface area contributed by atoms with Crippen molar-refractivity contribution in [1.82, 2.24) is 19.6 Å². The number of hydrogen-bond donors (Lipinski definition) is 1. The van der Waals surface area contributed by atoms with Crippen LogP contribution < -0.4 is 5.73 Å². The monoisotopic (exact) mass is 455 g/mol. The van der Waals surface area contributed by atoms with Crippen LogP contribution in [-0.4, -0.2) is 103 Å². The molecule has 7 nitrogen and oxygen atoms in total. The van der Waals surface area contributed by atoms with Crippen LogP contribution in [0.25, 0.3) is 0 Å². The van der Waals surface area contributed by atoms with Crippen LogP contribution in [0.1, 0.15) is 35.4 Å². The number of nitrogens with two attached hydrogens (primary N) is 1. The van der Waals surface area contributed by atoms with Gasteiger partial charge in [0, 0.05) is 32.2 Å². The predicted octanol–water partition coefficient (Wildman–Crippen LogP) is 1.82. The Bertz CT molecular complexity index is 693. The number of carbonyl (C=O) groups excluding carboxylic acids is 2. The molecule has 1 aromatic rings. The topological polar surface area (TPSA) is 73.1 Å². The zero-order valence-corrected chi connectivity index (χ0v) is 19.5. The van der Waals surface area contributed by atoms with E-state index in [2.05, 4.69) is 26.6 Å². The largest absolute Gasteiger partial charge is 0.365 e. The molecule has 0 unspecified atom stereocenters. The van der Waals surface area contributed by atoms with E-state index in [4.69, 9.17) is 17.3 Å². The lowest BCUT2D eigenvalue weighted by molar-refractivity contribution is -0.134. The number of thiophene rings is 1. The molecule has 0 aliphatic carbocycles. The van der Waals surface area contributed by atoms with Gasteiger partial charge in [0.15, 0.2) is 0 Å². The Morgan fingerprint density at radius 2 is 1.67 bits per heavy atom. The van der Waals surface area contributed by atoms with Gasteiger partial charge in [-0.15, -0.1) is 11.3 Å². The summed E-state index contributed by atoms with van der Waals surface area (Å²) in [7, 11) is 2.21. The van der Waals surface area contributed by atoms with Crippen LogP contribution in [0, 0.1) is 0 Å². The Morgan fingerprint density at radius 3 is 2.17 bits per heavy atom. The Labute approximate surface area is 188 Å². The predicted molar refractivity (Wildman–Crippen MR) is 122 cm³/mol. The third kappa shape index (κ3) is 6.92. The van der Waals surface area contributed by atoms with Gasteiger partial charge in [0.05, 0.1) is 15.8 Å². The number of carbonyl (C=O) groups is 2. The minimum absolute atomic E-state index is 0.347. The van der Waals surface area contributed by atoms with Gasteiger partial charge in [-0.1, -0.05) is 11.6 Å². The van der Waals surface area contributed by atoms with Crippen LogP contribution in [-0.2, 0) is 4.79 Å². The van der Waals surface area contributed by atoms with E-state index >= 15 is 0 Å². The first kappa shape index (κ1) is 23.5. The number of piperidine rings is 1. The highest BCUT2D eigenvalue weighted by molar-refractivity contribution is 7.17. The fourth-order valence-electron chi connectivity index (χ4n) is 4.38. The van der Waals surface area contributed by atoms with Crippen LogP contribution in [0.2, 0.25) is 4.34 Å². The number of halogens is 1. The van der Waals surface area contributed by atoms with Crippen LogP contribution in [0.15, 0.2) is 12.1 Å². The fraction of sp³-hybridized carbons (Fsp3) is 0.714. The van der Waals surface area contributed by atoms with Crippen molar-refractivity contribution in [1.29, 1.82) is 0 Å². The fourth-order valence-corrected chi connectivity index (χ4v) is 5.27. The van der Waals surface area contributed by atoms with Gasteiger partial charge in [0.25, 0.3) is 5.91 Å². The van der Waals surface area contributed by atoms with Gasteiger partial charge in [-0.25, -0.2) is 0 Å². The lowest BCUT2D eigenvalue weighted by Gasteiger charge is -2.42. The highest BCUT2D eigenvalue weighted by atomic mass is 35.5. The molecule has 0 radical (unpaired) electrons. The number of piperazine rings is 1. The minimum atomic E-state index is -0.424. The van der Waals surface area contributed by atoms with Crippen molar-refractivity contribution in [3.8, 4) is 0 Å². The highest BCUT2D eigenvalue weighted by Crippen LogP contribution is 2.20. The van der Waals surface area contributed by atoms with E-state index in [1.165, 1.54) is 50.1 Å². The quantitative estimate of drug-likeness (QED) is 0.749. The molecule has 9 heteroatoms. The average molecular weight is 456 g/mol. The third-order valence-electron chi connectivity index (χ3n) is 6.25. The van der Waals surface area contributed by atoms with Crippen LogP contribution in [0.3, 0.4) is 0 Å². The molecule has 0 spiro atoms. The van der Waals surface area contributed by atoms with E-state index in [1.807, 2.05) is 0 Å². The van der Waals surface area contributed by atoms with E-state index < -0.39 is 5.91 Å². The SMILES string of the molecule is CN1CCC(N2CCN(C(=O)CN3CCCC3)CC2)CC1.NC(=O)c1ccc(Cl)s1. The van der Waals surface area contributed by atoms with Gasteiger partial charge in [-0.2, -0.15) is 0 Å². The van der Waals surface area contributed by atoms with Crippen molar-refractivity contribution in [2.45, 2.75) is 31.7 Å². The van der Waals surface area contributed by atoms with E-state index in [0.29, 0.717) is 21.7 Å².